The van der Waals surface area contributed by atoms with E-state index in [-0.39, 0.29) is 0 Å². The second-order valence-corrected chi connectivity index (χ2v) is 4.99. The van der Waals surface area contributed by atoms with Gasteiger partial charge < -0.3 is 10.1 Å². The van der Waals surface area contributed by atoms with Crippen molar-refractivity contribution in [3.63, 3.8) is 0 Å². The van der Waals surface area contributed by atoms with Gasteiger partial charge in [-0.2, -0.15) is 4.68 Å². The van der Waals surface area contributed by atoms with E-state index < -0.39 is 10.9 Å². The van der Waals surface area contributed by atoms with Crippen molar-refractivity contribution in [3.05, 3.63) is 62.9 Å². The third-order valence-electron chi connectivity index (χ3n) is 2.92. The van der Waals surface area contributed by atoms with E-state index in [2.05, 4.69) is 26.0 Å². The minimum absolute atomic E-state index is 0.345. The van der Waals surface area contributed by atoms with Gasteiger partial charge >= 0.3 is 5.95 Å². The molecule has 0 aliphatic carbocycles. The van der Waals surface area contributed by atoms with Crippen molar-refractivity contribution in [3.8, 4) is 0 Å². The Balaban J connectivity index is 1.94. The van der Waals surface area contributed by atoms with Gasteiger partial charge in [-0.1, -0.05) is 36.4 Å². The summed E-state index contributed by atoms with van der Waals surface area (Å²) in [5.41, 5.74) is 1.00. The maximum atomic E-state index is 10.6. The molecule has 0 unspecified atom stereocenters. The van der Waals surface area contributed by atoms with Crippen LogP contribution < -0.4 is 0 Å². The molecule has 0 saturated carbocycles. The Labute approximate surface area is 122 Å². The van der Waals surface area contributed by atoms with E-state index in [1.807, 2.05) is 42.5 Å². The Morgan fingerprint density at radius 3 is 2.65 bits per heavy atom. The highest BCUT2D eigenvalue weighted by molar-refractivity contribution is 9.10. The van der Waals surface area contributed by atoms with Crippen molar-refractivity contribution >= 4 is 32.7 Å². The molecular weight excluding hydrogens is 324 g/mol. The van der Waals surface area contributed by atoms with Gasteiger partial charge in [0.25, 0.3) is 4.73 Å². The normalized spacial score (nSPS) is 10.8. The van der Waals surface area contributed by atoms with Gasteiger partial charge in [0.05, 0.1) is 6.54 Å². The van der Waals surface area contributed by atoms with Crippen LogP contribution in [0, 0.1) is 10.1 Å². The first kappa shape index (κ1) is 12.7. The molecule has 0 aliphatic heterocycles. The average Bonchev–Trinajstić information content (AvgIpc) is 2.80. The Morgan fingerprint density at radius 2 is 1.95 bits per heavy atom. The molecule has 2 aromatic carbocycles. The van der Waals surface area contributed by atoms with Crippen LogP contribution in [0.1, 0.15) is 5.56 Å². The van der Waals surface area contributed by atoms with Crippen molar-refractivity contribution in [2.24, 2.45) is 0 Å². The number of hydrogen-bond donors (Lipinski definition) is 0. The lowest BCUT2D eigenvalue weighted by Gasteiger charge is -2.02. The van der Waals surface area contributed by atoms with Crippen molar-refractivity contribution in [1.29, 1.82) is 0 Å². The highest BCUT2D eigenvalue weighted by Gasteiger charge is 2.19. The van der Waals surface area contributed by atoms with Crippen molar-refractivity contribution in [1.82, 2.24) is 14.8 Å². The molecule has 0 N–H and O–H groups in total. The summed E-state index contributed by atoms with van der Waals surface area (Å²) in [7, 11) is 0. The lowest BCUT2D eigenvalue weighted by atomic mass is 10.1. The molecule has 7 heteroatoms. The van der Waals surface area contributed by atoms with E-state index in [1.165, 1.54) is 4.68 Å². The van der Waals surface area contributed by atoms with Crippen molar-refractivity contribution in [2.45, 2.75) is 6.54 Å². The fourth-order valence-corrected chi connectivity index (χ4v) is 2.36. The van der Waals surface area contributed by atoms with Crippen LogP contribution in [0.25, 0.3) is 10.8 Å². The molecule has 0 radical (unpaired) electrons. The largest absolute Gasteiger partial charge is 0.492 e. The van der Waals surface area contributed by atoms with Gasteiger partial charge in [-0.3, -0.25) is 0 Å². The first-order chi connectivity index (χ1) is 9.63. The van der Waals surface area contributed by atoms with Crippen LogP contribution in [0.2, 0.25) is 0 Å². The molecule has 100 valence electrons. The standard InChI is InChI=1S/C13H9BrN4O2/c14-12-15-13(18(19)20)16-17(12)8-9-5-6-10-3-1-2-4-11(10)7-9/h1-7H,8H2. The Morgan fingerprint density at radius 1 is 1.20 bits per heavy atom. The number of halogens is 1. The third-order valence-corrected chi connectivity index (χ3v) is 3.51. The molecule has 0 bridgehead atoms. The average molecular weight is 333 g/mol. The molecule has 0 amide bonds. The van der Waals surface area contributed by atoms with Crippen LogP contribution in [0.3, 0.4) is 0 Å². The molecule has 0 saturated heterocycles. The number of rotatable bonds is 3. The molecule has 0 aliphatic rings. The molecule has 0 fully saturated rings. The molecule has 0 spiro atoms. The fraction of sp³-hybridized carbons (Fsp3) is 0.0769. The highest BCUT2D eigenvalue weighted by atomic mass is 79.9. The summed E-state index contributed by atoms with van der Waals surface area (Å²) in [6, 6.07) is 14.1. The quantitative estimate of drug-likeness (QED) is 0.545. The number of hydrogen-bond acceptors (Lipinski definition) is 4. The van der Waals surface area contributed by atoms with E-state index >= 15 is 0 Å². The van der Waals surface area contributed by atoms with Gasteiger partial charge in [0, 0.05) is 21.0 Å². The van der Waals surface area contributed by atoms with Crippen LogP contribution in [0.4, 0.5) is 5.95 Å². The molecule has 20 heavy (non-hydrogen) atoms. The maximum Gasteiger partial charge on any atom is 0.492 e. The highest BCUT2D eigenvalue weighted by Crippen LogP contribution is 2.18. The van der Waals surface area contributed by atoms with Crippen LogP contribution in [0.15, 0.2) is 47.2 Å². The van der Waals surface area contributed by atoms with Crippen LogP contribution in [-0.2, 0) is 6.54 Å². The van der Waals surface area contributed by atoms with E-state index in [1.54, 1.807) is 0 Å². The summed E-state index contributed by atoms with van der Waals surface area (Å²) < 4.78 is 1.81. The zero-order chi connectivity index (χ0) is 14.1. The van der Waals surface area contributed by atoms with Gasteiger partial charge in [0.2, 0.25) is 0 Å². The second kappa shape index (κ2) is 5.01. The minimum Gasteiger partial charge on any atom is -0.390 e. The van der Waals surface area contributed by atoms with E-state index in [0.717, 1.165) is 16.3 Å². The number of aromatic nitrogens is 3. The lowest BCUT2D eigenvalue weighted by molar-refractivity contribution is -0.394. The molecule has 3 rings (SSSR count). The fourth-order valence-electron chi connectivity index (χ4n) is 2.00. The van der Waals surface area contributed by atoms with E-state index in [4.69, 9.17) is 0 Å². The number of nitro groups is 1. The number of benzene rings is 2. The van der Waals surface area contributed by atoms with Gasteiger partial charge in [-0.25, -0.2) is 0 Å². The number of fused-ring (bicyclic) bond motifs is 1. The van der Waals surface area contributed by atoms with E-state index in [0.29, 0.717) is 11.3 Å². The van der Waals surface area contributed by atoms with Crippen LogP contribution in [0.5, 0.6) is 0 Å². The summed E-state index contributed by atoms with van der Waals surface area (Å²) in [6.45, 7) is 0.423. The maximum absolute atomic E-state index is 10.6. The SMILES string of the molecule is O=[N+]([O-])c1nc(Br)n(Cc2ccc3ccccc3c2)n1. The zero-order valence-electron chi connectivity index (χ0n) is 10.2. The summed E-state index contributed by atoms with van der Waals surface area (Å²) in [5, 5.41) is 16.8. The zero-order valence-corrected chi connectivity index (χ0v) is 11.8. The van der Waals surface area contributed by atoms with E-state index in [9.17, 15) is 10.1 Å². The minimum atomic E-state index is -0.609. The smallest absolute Gasteiger partial charge is 0.390 e. The lowest BCUT2D eigenvalue weighted by Crippen LogP contribution is -2.02. The van der Waals surface area contributed by atoms with Gasteiger partial charge in [0.1, 0.15) is 0 Å². The van der Waals surface area contributed by atoms with Crippen LogP contribution >= 0.6 is 15.9 Å². The predicted octanol–water partition coefficient (Wildman–Crippen LogP) is 3.15. The van der Waals surface area contributed by atoms with Gasteiger partial charge in [-0.05, 0) is 32.3 Å². The third kappa shape index (κ3) is 2.39. The molecule has 0 atom stereocenters. The Hall–Kier alpha value is -2.28. The van der Waals surface area contributed by atoms with Gasteiger partial charge in [0.15, 0.2) is 0 Å². The first-order valence-electron chi connectivity index (χ1n) is 5.86. The predicted molar refractivity (Wildman–Crippen MR) is 77.4 cm³/mol. The molecule has 1 heterocycles. The number of nitrogens with zero attached hydrogens (tertiary/aromatic N) is 4. The van der Waals surface area contributed by atoms with Gasteiger partial charge in [-0.15, -0.1) is 0 Å². The Kier molecular flexibility index (Phi) is 3.19. The van der Waals surface area contributed by atoms with Crippen molar-refractivity contribution in [2.75, 3.05) is 0 Å². The summed E-state index contributed by atoms with van der Waals surface area (Å²) >= 11 is 3.18. The summed E-state index contributed by atoms with van der Waals surface area (Å²) in [4.78, 5) is 13.8. The Bertz CT molecular complexity index is 800. The molecular formula is C13H9BrN4O2. The van der Waals surface area contributed by atoms with Crippen LogP contribution in [-0.4, -0.2) is 19.7 Å². The first-order valence-corrected chi connectivity index (χ1v) is 6.65. The summed E-state index contributed by atoms with van der Waals surface area (Å²) in [5.74, 6) is -0.405. The second-order valence-electron chi connectivity index (χ2n) is 4.28. The monoisotopic (exact) mass is 332 g/mol. The molecule has 6 nitrogen and oxygen atoms in total. The van der Waals surface area contributed by atoms with Crippen molar-refractivity contribution < 1.29 is 4.92 Å². The topological polar surface area (TPSA) is 73.8 Å². The molecule has 1 aromatic heterocycles. The summed E-state index contributed by atoms with van der Waals surface area (Å²) in [6.07, 6.45) is 0. The molecule has 3 aromatic rings.